The lowest BCUT2D eigenvalue weighted by Gasteiger charge is -2.16. The van der Waals surface area contributed by atoms with Gasteiger partial charge in [0, 0.05) is 32.2 Å². The average molecular weight is 309 g/mol. The fourth-order valence-corrected chi connectivity index (χ4v) is 2.23. The summed E-state index contributed by atoms with van der Waals surface area (Å²) in [6.45, 7) is 6.01. The van der Waals surface area contributed by atoms with Gasteiger partial charge in [-0.05, 0) is 30.9 Å². The van der Waals surface area contributed by atoms with Crippen molar-refractivity contribution in [3.63, 3.8) is 0 Å². The zero-order chi connectivity index (χ0) is 16.4. The van der Waals surface area contributed by atoms with Crippen molar-refractivity contribution in [2.45, 2.75) is 32.6 Å². The van der Waals surface area contributed by atoms with Crippen molar-refractivity contribution < 1.29 is 19.0 Å². The van der Waals surface area contributed by atoms with Gasteiger partial charge in [-0.1, -0.05) is 13.0 Å². The molecule has 0 heterocycles. The molecule has 1 N–H and O–H groups in total. The second-order valence-electron chi connectivity index (χ2n) is 5.11. The third-order valence-corrected chi connectivity index (χ3v) is 3.45. The topological polar surface area (TPSA) is 56.8 Å². The molecule has 1 rings (SSSR count). The minimum atomic E-state index is 0.0434. The Labute approximate surface area is 132 Å². The molecule has 1 unspecified atom stereocenters. The normalized spacial score (nSPS) is 11.8. The van der Waals surface area contributed by atoms with E-state index in [1.165, 1.54) is 0 Å². The van der Waals surface area contributed by atoms with Crippen molar-refractivity contribution in [2.24, 2.45) is 0 Å². The number of carbonyl (C=O) groups excluding carboxylic acids is 1. The van der Waals surface area contributed by atoms with Crippen LogP contribution in [-0.2, 0) is 9.53 Å². The van der Waals surface area contributed by atoms with Gasteiger partial charge >= 0.3 is 0 Å². The van der Waals surface area contributed by atoms with Crippen LogP contribution in [0.5, 0.6) is 11.5 Å². The maximum Gasteiger partial charge on any atom is 0.220 e. The molecule has 0 aliphatic rings. The molecule has 0 aliphatic carbocycles. The molecule has 0 radical (unpaired) electrons. The molecule has 0 bridgehead atoms. The Bertz CT molecular complexity index is 462. The second-order valence-corrected chi connectivity index (χ2v) is 5.11. The van der Waals surface area contributed by atoms with E-state index < -0.39 is 0 Å². The number of carbonyl (C=O) groups is 1. The van der Waals surface area contributed by atoms with Crippen LogP contribution in [0.4, 0.5) is 0 Å². The quantitative estimate of drug-likeness (QED) is 0.675. The number of methoxy groups -OCH3 is 2. The molecular formula is C17H27NO4. The predicted octanol–water partition coefficient (Wildman–Crippen LogP) is 2.74. The van der Waals surface area contributed by atoms with E-state index in [2.05, 4.69) is 5.32 Å². The van der Waals surface area contributed by atoms with Gasteiger partial charge in [-0.15, -0.1) is 0 Å². The maximum atomic E-state index is 12.0. The molecule has 124 valence electrons. The van der Waals surface area contributed by atoms with Crippen LogP contribution in [0, 0.1) is 0 Å². The molecule has 0 spiro atoms. The molecule has 1 aromatic rings. The summed E-state index contributed by atoms with van der Waals surface area (Å²) in [5.74, 6) is 1.61. The summed E-state index contributed by atoms with van der Waals surface area (Å²) < 4.78 is 15.8. The van der Waals surface area contributed by atoms with E-state index in [4.69, 9.17) is 14.2 Å². The van der Waals surface area contributed by atoms with E-state index in [1.807, 2.05) is 32.0 Å². The van der Waals surface area contributed by atoms with Gasteiger partial charge in [-0.25, -0.2) is 0 Å². The van der Waals surface area contributed by atoms with Crippen LogP contribution in [0.15, 0.2) is 18.2 Å². The molecular weight excluding hydrogens is 282 g/mol. The molecule has 0 saturated carbocycles. The Kier molecular flexibility index (Phi) is 8.36. The van der Waals surface area contributed by atoms with Crippen LogP contribution >= 0.6 is 0 Å². The minimum absolute atomic E-state index is 0.0434. The number of rotatable bonds is 10. The maximum absolute atomic E-state index is 12.0. The van der Waals surface area contributed by atoms with Gasteiger partial charge < -0.3 is 19.5 Å². The zero-order valence-electron chi connectivity index (χ0n) is 14.0. The fourth-order valence-electron chi connectivity index (χ4n) is 2.23. The van der Waals surface area contributed by atoms with Gasteiger partial charge in [-0.2, -0.15) is 0 Å². The molecule has 22 heavy (non-hydrogen) atoms. The molecule has 1 aromatic carbocycles. The molecule has 5 heteroatoms. The summed E-state index contributed by atoms with van der Waals surface area (Å²) in [6.07, 6.45) is 1.26. The van der Waals surface area contributed by atoms with Gasteiger partial charge in [0.1, 0.15) is 11.5 Å². The number of hydrogen-bond donors (Lipinski definition) is 1. The lowest BCUT2D eigenvalue weighted by molar-refractivity contribution is -0.121. The number of benzene rings is 1. The highest BCUT2D eigenvalue weighted by molar-refractivity contribution is 5.77. The summed E-state index contributed by atoms with van der Waals surface area (Å²) >= 11 is 0. The molecule has 0 aliphatic heterocycles. The van der Waals surface area contributed by atoms with E-state index >= 15 is 0 Å². The van der Waals surface area contributed by atoms with Crippen LogP contribution in [-0.4, -0.2) is 39.9 Å². The monoisotopic (exact) mass is 309 g/mol. The first-order chi connectivity index (χ1) is 10.6. The van der Waals surface area contributed by atoms with Crippen LogP contribution in [0.25, 0.3) is 0 Å². The Hall–Kier alpha value is -1.75. The van der Waals surface area contributed by atoms with E-state index in [9.17, 15) is 4.79 Å². The zero-order valence-corrected chi connectivity index (χ0v) is 14.0. The van der Waals surface area contributed by atoms with Crippen molar-refractivity contribution in [3.8, 4) is 11.5 Å². The standard InChI is InChI=1S/C17H27NO4/c1-5-22-10-6-9-18-17(19)11-13(2)15-8-7-14(20-3)12-16(15)21-4/h7-8,12-13H,5-6,9-11H2,1-4H3,(H,18,19). The smallest absolute Gasteiger partial charge is 0.220 e. The van der Waals surface area contributed by atoms with Crippen molar-refractivity contribution in [2.75, 3.05) is 34.0 Å². The van der Waals surface area contributed by atoms with E-state index in [-0.39, 0.29) is 11.8 Å². The van der Waals surface area contributed by atoms with Gasteiger partial charge in [0.2, 0.25) is 5.91 Å². The molecule has 0 fully saturated rings. The molecule has 1 amide bonds. The molecule has 5 nitrogen and oxygen atoms in total. The van der Waals surface area contributed by atoms with Gasteiger partial charge in [0.25, 0.3) is 0 Å². The largest absolute Gasteiger partial charge is 0.497 e. The summed E-state index contributed by atoms with van der Waals surface area (Å²) in [4.78, 5) is 12.0. The van der Waals surface area contributed by atoms with E-state index in [0.29, 0.717) is 26.2 Å². The van der Waals surface area contributed by atoms with Crippen molar-refractivity contribution in [1.29, 1.82) is 0 Å². The summed E-state index contributed by atoms with van der Waals surface area (Å²) in [7, 11) is 3.24. The first-order valence-electron chi connectivity index (χ1n) is 7.68. The van der Waals surface area contributed by atoms with Crippen molar-refractivity contribution in [1.82, 2.24) is 5.32 Å². The van der Waals surface area contributed by atoms with Gasteiger partial charge in [0.15, 0.2) is 0 Å². The van der Waals surface area contributed by atoms with Crippen LogP contribution in [0.3, 0.4) is 0 Å². The van der Waals surface area contributed by atoms with Gasteiger partial charge in [-0.3, -0.25) is 4.79 Å². The second kappa shape index (κ2) is 10.1. The number of ether oxygens (including phenoxy) is 3. The highest BCUT2D eigenvalue weighted by Crippen LogP contribution is 2.31. The number of amides is 1. The third-order valence-electron chi connectivity index (χ3n) is 3.45. The summed E-state index contributed by atoms with van der Waals surface area (Å²) in [6, 6.07) is 5.67. The van der Waals surface area contributed by atoms with Crippen molar-refractivity contribution in [3.05, 3.63) is 23.8 Å². The molecule has 1 atom stereocenters. The van der Waals surface area contributed by atoms with Crippen LogP contribution in [0.1, 0.15) is 38.2 Å². The van der Waals surface area contributed by atoms with E-state index in [0.717, 1.165) is 23.5 Å². The lowest BCUT2D eigenvalue weighted by Crippen LogP contribution is -2.26. The number of hydrogen-bond acceptors (Lipinski definition) is 4. The highest BCUT2D eigenvalue weighted by atomic mass is 16.5. The molecule has 0 saturated heterocycles. The average Bonchev–Trinajstić information content (AvgIpc) is 2.53. The minimum Gasteiger partial charge on any atom is -0.497 e. The Balaban J connectivity index is 2.50. The SMILES string of the molecule is CCOCCCNC(=O)CC(C)c1ccc(OC)cc1OC. The van der Waals surface area contributed by atoms with E-state index in [1.54, 1.807) is 14.2 Å². The first kappa shape index (κ1) is 18.3. The summed E-state index contributed by atoms with van der Waals surface area (Å²) in [5.41, 5.74) is 1.01. The predicted molar refractivity (Wildman–Crippen MR) is 86.7 cm³/mol. The first-order valence-corrected chi connectivity index (χ1v) is 7.68. The Morgan fingerprint density at radius 1 is 1.27 bits per heavy atom. The van der Waals surface area contributed by atoms with Crippen molar-refractivity contribution >= 4 is 5.91 Å². The highest BCUT2D eigenvalue weighted by Gasteiger charge is 2.15. The third kappa shape index (κ3) is 5.93. The van der Waals surface area contributed by atoms with Crippen LogP contribution in [0.2, 0.25) is 0 Å². The van der Waals surface area contributed by atoms with Crippen LogP contribution < -0.4 is 14.8 Å². The van der Waals surface area contributed by atoms with Gasteiger partial charge in [0.05, 0.1) is 14.2 Å². The Morgan fingerprint density at radius 2 is 2.05 bits per heavy atom. The summed E-state index contributed by atoms with van der Waals surface area (Å²) in [5, 5.41) is 2.92. The number of nitrogens with one attached hydrogen (secondary N) is 1. The fraction of sp³-hybridized carbons (Fsp3) is 0.588. The molecule has 0 aromatic heterocycles. The Morgan fingerprint density at radius 3 is 2.68 bits per heavy atom. The lowest BCUT2D eigenvalue weighted by atomic mass is 9.96.